The molecule has 0 spiro atoms. The molecule has 2 aromatic rings. The fourth-order valence-corrected chi connectivity index (χ4v) is 4.48. The highest BCUT2D eigenvalue weighted by molar-refractivity contribution is 7.98. The zero-order valence-electron chi connectivity index (χ0n) is 16.6. The van der Waals surface area contributed by atoms with Crippen molar-refractivity contribution in [1.82, 2.24) is 4.72 Å². The third kappa shape index (κ3) is 5.23. The highest BCUT2D eigenvalue weighted by Gasteiger charge is 2.18. The first-order valence-corrected chi connectivity index (χ1v) is 11.9. The van der Waals surface area contributed by atoms with Crippen molar-refractivity contribution < 1.29 is 22.7 Å². The minimum absolute atomic E-state index is 0.000242. The second kappa shape index (κ2) is 9.06. The van der Waals surface area contributed by atoms with E-state index in [4.69, 9.17) is 9.47 Å². The molecular formula is C20H24N2O5S2. The maximum Gasteiger partial charge on any atom is 0.240 e. The highest BCUT2D eigenvalue weighted by atomic mass is 32.2. The first kappa shape index (κ1) is 21.5. The Kier molecular flexibility index (Phi) is 6.71. The maximum absolute atomic E-state index is 12.4. The van der Waals surface area contributed by atoms with Crippen LogP contribution in [-0.4, -0.2) is 40.3 Å². The summed E-state index contributed by atoms with van der Waals surface area (Å²) in [5.74, 6) is 0.944. The number of aryl methyl sites for hydroxylation is 2. The van der Waals surface area contributed by atoms with Gasteiger partial charge in [-0.1, -0.05) is 6.07 Å². The van der Waals surface area contributed by atoms with Crippen LogP contribution in [0.2, 0.25) is 0 Å². The molecule has 1 aliphatic rings. The lowest BCUT2D eigenvalue weighted by Crippen LogP contribution is -2.28. The highest BCUT2D eigenvalue weighted by Crippen LogP contribution is 2.39. The van der Waals surface area contributed by atoms with Crippen LogP contribution in [0, 0.1) is 13.8 Å². The topological polar surface area (TPSA) is 93.7 Å². The van der Waals surface area contributed by atoms with Crippen molar-refractivity contribution >= 4 is 33.4 Å². The lowest BCUT2D eigenvalue weighted by atomic mass is 10.1. The molecule has 0 saturated carbocycles. The van der Waals surface area contributed by atoms with Gasteiger partial charge in [-0.2, -0.15) is 0 Å². The fraction of sp³-hybridized carbons (Fsp3) is 0.350. The molecule has 1 heterocycles. The fourth-order valence-electron chi connectivity index (χ4n) is 2.81. The van der Waals surface area contributed by atoms with Gasteiger partial charge in [-0.25, -0.2) is 13.1 Å². The van der Waals surface area contributed by atoms with E-state index >= 15 is 0 Å². The van der Waals surface area contributed by atoms with Gasteiger partial charge in [-0.3, -0.25) is 4.79 Å². The number of anilines is 1. The van der Waals surface area contributed by atoms with Crippen molar-refractivity contribution in [2.24, 2.45) is 0 Å². The molecule has 0 aliphatic carbocycles. The zero-order valence-corrected chi connectivity index (χ0v) is 18.2. The number of carbonyl (C=O) groups is 1. The van der Waals surface area contributed by atoms with Gasteiger partial charge in [0.25, 0.3) is 0 Å². The van der Waals surface area contributed by atoms with E-state index in [2.05, 4.69) is 10.0 Å². The van der Waals surface area contributed by atoms with E-state index in [-0.39, 0.29) is 23.8 Å². The Balaban J connectivity index is 1.60. The van der Waals surface area contributed by atoms with Gasteiger partial charge < -0.3 is 14.8 Å². The number of benzene rings is 2. The molecule has 3 rings (SSSR count). The van der Waals surface area contributed by atoms with Crippen LogP contribution in [-0.2, 0) is 14.8 Å². The summed E-state index contributed by atoms with van der Waals surface area (Å²) in [5, 5.41) is 2.82. The van der Waals surface area contributed by atoms with E-state index in [1.807, 2.05) is 26.2 Å². The third-order valence-corrected chi connectivity index (χ3v) is 6.81. The van der Waals surface area contributed by atoms with Crippen LogP contribution >= 0.6 is 11.8 Å². The quantitative estimate of drug-likeness (QED) is 0.648. The van der Waals surface area contributed by atoms with Gasteiger partial charge in [0.15, 0.2) is 11.5 Å². The Hall–Kier alpha value is -2.23. The normalized spacial score (nSPS) is 13.2. The van der Waals surface area contributed by atoms with Crippen LogP contribution < -0.4 is 19.5 Å². The molecule has 7 nitrogen and oxygen atoms in total. The molecule has 2 N–H and O–H groups in total. The van der Waals surface area contributed by atoms with Crippen LogP contribution in [0.15, 0.2) is 40.1 Å². The minimum atomic E-state index is -3.66. The largest absolute Gasteiger partial charge is 0.486 e. The summed E-state index contributed by atoms with van der Waals surface area (Å²) in [6, 6.07) is 8.51. The number of nitrogens with one attached hydrogen (secondary N) is 2. The van der Waals surface area contributed by atoms with Gasteiger partial charge in [0.1, 0.15) is 13.2 Å². The van der Waals surface area contributed by atoms with Crippen molar-refractivity contribution in [2.75, 3.05) is 31.3 Å². The van der Waals surface area contributed by atoms with Gasteiger partial charge in [-0.05, 0) is 49.4 Å². The molecule has 0 aromatic heterocycles. The smallest absolute Gasteiger partial charge is 0.240 e. The average Bonchev–Trinajstić information content (AvgIpc) is 2.69. The van der Waals surface area contributed by atoms with Crippen LogP contribution in [0.5, 0.6) is 11.5 Å². The molecule has 0 atom stereocenters. The van der Waals surface area contributed by atoms with Crippen LogP contribution in [0.4, 0.5) is 5.69 Å². The Morgan fingerprint density at radius 1 is 1.07 bits per heavy atom. The number of ether oxygens (including phenoxy) is 2. The van der Waals surface area contributed by atoms with Crippen molar-refractivity contribution in [3.05, 3.63) is 41.5 Å². The predicted molar refractivity (Wildman–Crippen MR) is 114 cm³/mol. The lowest BCUT2D eigenvalue weighted by molar-refractivity contribution is -0.116. The summed E-state index contributed by atoms with van der Waals surface area (Å²) >= 11 is 1.48. The van der Waals surface area contributed by atoms with Crippen molar-refractivity contribution in [3.8, 4) is 11.5 Å². The van der Waals surface area contributed by atoms with Gasteiger partial charge in [-0.15, -0.1) is 11.8 Å². The predicted octanol–water partition coefficient (Wildman–Crippen LogP) is 3.10. The van der Waals surface area contributed by atoms with Crippen molar-refractivity contribution in [2.45, 2.75) is 30.1 Å². The molecule has 156 valence electrons. The second-order valence-electron chi connectivity index (χ2n) is 6.64. The molecular weight excluding hydrogens is 412 g/mol. The summed E-state index contributed by atoms with van der Waals surface area (Å²) in [5.41, 5.74) is 2.53. The number of thioether (sulfide) groups is 1. The van der Waals surface area contributed by atoms with Crippen molar-refractivity contribution in [3.63, 3.8) is 0 Å². The van der Waals surface area contributed by atoms with Crippen molar-refractivity contribution in [1.29, 1.82) is 0 Å². The number of sulfonamides is 1. The van der Waals surface area contributed by atoms with E-state index in [0.29, 0.717) is 30.4 Å². The average molecular weight is 437 g/mol. The molecule has 0 saturated heterocycles. The number of hydrogen-bond donors (Lipinski definition) is 2. The molecule has 29 heavy (non-hydrogen) atoms. The van der Waals surface area contributed by atoms with Gasteiger partial charge >= 0.3 is 0 Å². The maximum atomic E-state index is 12.4. The summed E-state index contributed by atoms with van der Waals surface area (Å²) < 4.78 is 38.4. The summed E-state index contributed by atoms with van der Waals surface area (Å²) in [7, 11) is -3.66. The van der Waals surface area contributed by atoms with E-state index in [0.717, 1.165) is 16.0 Å². The summed E-state index contributed by atoms with van der Waals surface area (Å²) in [6.45, 7) is 4.73. The SMILES string of the molecule is CSc1cc2c(cc1NC(=O)CCNS(=O)(=O)c1ccc(C)c(C)c1)OCCO2. The molecule has 9 heteroatoms. The number of carbonyl (C=O) groups excluding carboxylic acids is 1. The van der Waals surface area contributed by atoms with E-state index in [9.17, 15) is 13.2 Å². The zero-order chi connectivity index (χ0) is 21.0. The molecule has 2 aromatic carbocycles. The number of rotatable bonds is 7. The Labute approximate surface area is 175 Å². The molecule has 1 amide bonds. The Morgan fingerprint density at radius 3 is 2.41 bits per heavy atom. The lowest BCUT2D eigenvalue weighted by Gasteiger charge is -2.21. The van der Waals surface area contributed by atoms with Gasteiger partial charge in [0, 0.05) is 23.9 Å². The van der Waals surface area contributed by atoms with Gasteiger partial charge in [0.2, 0.25) is 15.9 Å². The van der Waals surface area contributed by atoms with Crippen LogP contribution in [0.3, 0.4) is 0 Å². The third-order valence-electron chi connectivity index (χ3n) is 4.57. The first-order valence-electron chi connectivity index (χ1n) is 9.14. The molecule has 0 unspecified atom stereocenters. The standard InChI is InChI=1S/C20H24N2O5S2/c1-13-4-5-15(10-14(13)2)29(24,25)21-7-6-20(23)22-16-11-17-18(12-19(16)28-3)27-9-8-26-17/h4-5,10-12,21H,6-9H2,1-3H3,(H,22,23). The Morgan fingerprint density at radius 2 is 1.76 bits per heavy atom. The first-order chi connectivity index (χ1) is 13.8. The van der Waals surface area contributed by atoms with E-state index in [1.165, 1.54) is 11.8 Å². The van der Waals surface area contributed by atoms with Crippen LogP contribution in [0.25, 0.3) is 0 Å². The Bertz CT molecular complexity index is 1020. The molecule has 0 fully saturated rings. The molecule has 0 radical (unpaired) electrons. The number of hydrogen-bond acceptors (Lipinski definition) is 6. The molecule has 0 bridgehead atoms. The second-order valence-corrected chi connectivity index (χ2v) is 9.25. The minimum Gasteiger partial charge on any atom is -0.486 e. The van der Waals surface area contributed by atoms with Gasteiger partial charge in [0.05, 0.1) is 10.6 Å². The summed E-state index contributed by atoms with van der Waals surface area (Å²) in [6.07, 6.45) is 1.91. The monoisotopic (exact) mass is 436 g/mol. The van der Waals surface area contributed by atoms with E-state index in [1.54, 1.807) is 24.3 Å². The number of amides is 1. The summed E-state index contributed by atoms with van der Waals surface area (Å²) in [4.78, 5) is 13.4. The number of fused-ring (bicyclic) bond motifs is 1. The van der Waals surface area contributed by atoms with E-state index < -0.39 is 10.0 Å². The molecule has 1 aliphatic heterocycles. The van der Waals surface area contributed by atoms with Crippen LogP contribution in [0.1, 0.15) is 17.5 Å².